The van der Waals surface area contributed by atoms with Gasteiger partial charge in [0.2, 0.25) is 0 Å². The Hall–Kier alpha value is -3.88. The number of aromatic nitrogens is 1. The highest BCUT2D eigenvalue weighted by atomic mass is 16.5. The van der Waals surface area contributed by atoms with Crippen molar-refractivity contribution >= 4 is 10.8 Å². The molecule has 32 heavy (non-hydrogen) atoms. The zero-order valence-electron chi connectivity index (χ0n) is 18.2. The monoisotopic (exact) mass is 423 g/mol. The minimum absolute atomic E-state index is 0.135. The first-order chi connectivity index (χ1) is 15.6. The van der Waals surface area contributed by atoms with Crippen molar-refractivity contribution in [2.75, 3.05) is 13.7 Å². The zero-order chi connectivity index (χ0) is 22.5. The number of ether oxygens (including phenoxy) is 1. The number of fused-ring (bicyclic) bond motifs is 1. The minimum Gasteiger partial charge on any atom is -0.497 e. The molecule has 3 aromatic carbocycles. The third-order valence-electron chi connectivity index (χ3n) is 5.73. The molecule has 5 heteroatoms. The molecule has 5 nitrogen and oxygen atoms in total. The normalized spacial score (nSPS) is 11.8. The van der Waals surface area contributed by atoms with Crippen LogP contribution < -0.4 is 15.6 Å². The lowest BCUT2D eigenvalue weighted by Crippen LogP contribution is -2.30. The summed E-state index contributed by atoms with van der Waals surface area (Å²) in [4.78, 5) is 13.4. The van der Waals surface area contributed by atoms with E-state index in [-0.39, 0.29) is 11.6 Å². The van der Waals surface area contributed by atoms with E-state index < -0.39 is 0 Å². The molecule has 0 bridgehead atoms. The number of benzene rings is 3. The zero-order valence-corrected chi connectivity index (χ0v) is 18.2. The molecule has 4 aromatic rings. The van der Waals surface area contributed by atoms with Crippen LogP contribution in [0.3, 0.4) is 0 Å². The maximum Gasteiger partial charge on any atom is 0.259 e. The van der Waals surface area contributed by atoms with Gasteiger partial charge in [0.1, 0.15) is 17.5 Å². The van der Waals surface area contributed by atoms with E-state index in [4.69, 9.17) is 4.74 Å². The lowest BCUT2D eigenvalue weighted by Gasteiger charge is -2.18. The topological polar surface area (TPSA) is 67.0 Å². The molecule has 0 aliphatic rings. The van der Waals surface area contributed by atoms with Gasteiger partial charge in [0.05, 0.1) is 7.11 Å². The highest BCUT2D eigenvalue weighted by Crippen LogP contribution is 2.32. The Kier molecular flexibility index (Phi) is 6.34. The predicted octanol–water partition coefficient (Wildman–Crippen LogP) is 4.90. The fourth-order valence-electron chi connectivity index (χ4n) is 4.03. The third-order valence-corrected chi connectivity index (χ3v) is 5.73. The second-order valence-corrected chi connectivity index (χ2v) is 7.66. The number of nitrogens with one attached hydrogen (secondary N) is 1. The van der Waals surface area contributed by atoms with Gasteiger partial charge in [0.25, 0.3) is 5.56 Å². The molecule has 0 saturated carbocycles. The summed E-state index contributed by atoms with van der Waals surface area (Å²) in [6.45, 7) is 3.03. The van der Waals surface area contributed by atoms with Crippen molar-refractivity contribution in [2.45, 2.75) is 19.5 Å². The van der Waals surface area contributed by atoms with Gasteiger partial charge < -0.3 is 10.1 Å². The molecule has 1 aromatic heterocycles. The largest absolute Gasteiger partial charge is 0.497 e. The van der Waals surface area contributed by atoms with Crippen LogP contribution in [-0.2, 0) is 6.54 Å². The number of nitriles is 1. The lowest BCUT2D eigenvalue weighted by molar-refractivity contribution is 0.415. The molecular weight excluding hydrogens is 398 g/mol. The van der Waals surface area contributed by atoms with Crippen molar-refractivity contribution in [2.24, 2.45) is 0 Å². The first-order valence-electron chi connectivity index (χ1n) is 10.6. The number of pyridine rings is 1. The van der Waals surface area contributed by atoms with Crippen LogP contribution >= 0.6 is 0 Å². The SMILES string of the molecule is COc1ccc2c(=O)n(CCN[C@@H](C)c3ccccc3)c(C#N)c(-c3ccccc3)c2c1. The van der Waals surface area contributed by atoms with Gasteiger partial charge in [0, 0.05) is 35.5 Å². The van der Waals surface area contributed by atoms with Crippen LogP contribution in [0.5, 0.6) is 5.75 Å². The number of methoxy groups -OCH3 is 1. The van der Waals surface area contributed by atoms with E-state index in [1.807, 2.05) is 54.6 Å². The van der Waals surface area contributed by atoms with E-state index in [1.165, 1.54) is 5.56 Å². The molecule has 0 aliphatic heterocycles. The molecule has 4 rings (SSSR count). The molecule has 1 N–H and O–H groups in total. The second kappa shape index (κ2) is 9.51. The summed E-state index contributed by atoms with van der Waals surface area (Å²) in [7, 11) is 1.59. The molecule has 0 saturated heterocycles. The van der Waals surface area contributed by atoms with Gasteiger partial charge in [-0.25, -0.2) is 0 Å². The van der Waals surface area contributed by atoms with E-state index >= 15 is 0 Å². The van der Waals surface area contributed by atoms with Gasteiger partial charge in [-0.1, -0.05) is 60.7 Å². The summed E-state index contributed by atoms with van der Waals surface area (Å²) in [6, 6.07) is 27.7. The van der Waals surface area contributed by atoms with Gasteiger partial charge in [0.15, 0.2) is 0 Å². The highest BCUT2D eigenvalue weighted by molar-refractivity contribution is 5.99. The van der Waals surface area contributed by atoms with Crippen molar-refractivity contribution in [1.82, 2.24) is 9.88 Å². The van der Waals surface area contributed by atoms with Gasteiger partial charge in [-0.3, -0.25) is 9.36 Å². The third kappa shape index (κ3) is 4.14. The van der Waals surface area contributed by atoms with Crippen molar-refractivity contribution in [3.8, 4) is 22.9 Å². The highest BCUT2D eigenvalue weighted by Gasteiger charge is 2.19. The quantitative estimate of drug-likeness (QED) is 0.459. The fourth-order valence-corrected chi connectivity index (χ4v) is 4.03. The van der Waals surface area contributed by atoms with Crippen molar-refractivity contribution in [1.29, 1.82) is 5.26 Å². The molecule has 0 fully saturated rings. The number of hydrogen-bond donors (Lipinski definition) is 1. The van der Waals surface area contributed by atoms with E-state index in [0.717, 1.165) is 16.5 Å². The smallest absolute Gasteiger partial charge is 0.259 e. The molecular formula is C27H25N3O2. The number of hydrogen-bond acceptors (Lipinski definition) is 4. The standard InChI is InChI=1S/C27H25N3O2/c1-19(20-9-5-3-6-10-20)29-15-16-30-25(18-28)26(21-11-7-4-8-12-21)24-17-22(32-2)13-14-23(24)27(30)31/h3-14,17,19,29H,15-16H2,1-2H3/t19-/m0/s1. The summed E-state index contributed by atoms with van der Waals surface area (Å²) >= 11 is 0. The molecule has 0 radical (unpaired) electrons. The Bertz CT molecular complexity index is 1320. The Morgan fingerprint density at radius 3 is 2.34 bits per heavy atom. The Labute approximate surface area is 187 Å². The maximum absolute atomic E-state index is 13.4. The van der Waals surface area contributed by atoms with Crippen LogP contribution in [0.1, 0.15) is 24.2 Å². The minimum atomic E-state index is -0.173. The van der Waals surface area contributed by atoms with Gasteiger partial charge >= 0.3 is 0 Å². The summed E-state index contributed by atoms with van der Waals surface area (Å²) in [5.41, 5.74) is 3.00. The van der Waals surface area contributed by atoms with Crippen molar-refractivity contribution < 1.29 is 4.74 Å². The number of rotatable bonds is 7. The van der Waals surface area contributed by atoms with Gasteiger partial charge in [-0.15, -0.1) is 0 Å². The summed E-state index contributed by atoms with van der Waals surface area (Å²) in [5.74, 6) is 0.647. The Morgan fingerprint density at radius 1 is 1.00 bits per heavy atom. The predicted molar refractivity (Wildman–Crippen MR) is 128 cm³/mol. The van der Waals surface area contributed by atoms with Crippen LogP contribution in [0.25, 0.3) is 21.9 Å². The molecule has 0 unspecified atom stereocenters. The van der Waals surface area contributed by atoms with Crippen molar-refractivity contribution in [3.05, 3.63) is 100 Å². The van der Waals surface area contributed by atoms with Crippen LogP contribution in [0.15, 0.2) is 83.7 Å². The first kappa shape index (κ1) is 21.4. The van der Waals surface area contributed by atoms with Gasteiger partial charge in [-0.2, -0.15) is 5.26 Å². The molecule has 0 aliphatic carbocycles. The summed E-state index contributed by atoms with van der Waals surface area (Å²) in [5, 5.41) is 14.8. The number of nitrogens with zero attached hydrogens (tertiary/aromatic N) is 2. The summed E-state index contributed by atoms with van der Waals surface area (Å²) < 4.78 is 6.97. The van der Waals surface area contributed by atoms with E-state index in [0.29, 0.717) is 29.9 Å². The average Bonchev–Trinajstić information content (AvgIpc) is 2.85. The molecule has 1 atom stereocenters. The van der Waals surface area contributed by atoms with E-state index in [9.17, 15) is 10.1 Å². The molecule has 160 valence electrons. The van der Waals surface area contributed by atoms with Gasteiger partial charge in [-0.05, 0) is 36.2 Å². The first-order valence-corrected chi connectivity index (χ1v) is 10.6. The average molecular weight is 424 g/mol. The van der Waals surface area contributed by atoms with E-state index in [1.54, 1.807) is 23.8 Å². The van der Waals surface area contributed by atoms with Crippen LogP contribution in [0, 0.1) is 11.3 Å². The maximum atomic E-state index is 13.4. The molecule has 0 spiro atoms. The molecule has 0 amide bonds. The Morgan fingerprint density at radius 2 is 1.69 bits per heavy atom. The summed E-state index contributed by atoms with van der Waals surface area (Å²) in [6.07, 6.45) is 0. The fraction of sp³-hybridized carbons (Fsp3) is 0.185. The lowest BCUT2D eigenvalue weighted by atomic mass is 9.97. The molecule has 1 heterocycles. The van der Waals surface area contributed by atoms with Crippen LogP contribution in [0.2, 0.25) is 0 Å². The van der Waals surface area contributed by atoms with E-state index in [2.05, 4.69) is 30.4 Å². The van der Waals surface area contributed by atoms with Crippen LogP contribution in [-0.4, -0.2) is 18.2 Å². The van der Waals surface area contributed by atoms with Crippen LogP contribution in [0.4, 0.5) is 0 Å². The van der Waals surface area contributed by atoms with Crippen molar-refractivity contribution in [3.63, 3.8) is 0 Å². The second-order valence-electron chi connectivity index (χ2n) is 7.66. The Balaban J connectivity index is 1.78.